The molecule has 0 aromatic rings. The fraction of sp³-hybridized carbons (Fsp3) is 1.00. The minimum absolute atomic E-state index is 0.246. The summed E-state index contributed by atoms with van der Waals surface area (Å²) in [6, 6.07) is 0. The molecule has 0 saturated carbocycles. The van der Waals surface area contributed by atoms with Crippen LogP contribution in [0.15, 0.2) is 0 Å². The average Bonchev–Trinajstić information content (AvgIpc) is 2.57. The molecule has 5 N–H and O–H groups in total. The number of ether oxygens (including phenoxy) is 4. The number of aliphatic hydroxyl groups is 5. The highest BCUT2D eigenvalue weighted by molar-refractivity contribution is 4.93. The van der Waals surface area contributed by atoms with Gasteiger partial charge in [-0.25, -0.2) is 0 Å². The number of aliphatic hydroxyl groups excluding tert-OH is 5. The number of hydrogen-bond acceptors (Lipinski definition) is 9. The van der Waals surface area contributed by atoms with Crippen molar-refractivity contribution in [1.82, 2.24) is 0 Å². The van der Waals surface area contributed by atoms with Crippen LogP contribution in [-0.4, -0.2) is 94.6 Å². The monoisotopic (exact) mass is 352 g/mol. The van der Waals surface area contributed by atoms with E-state index in [1.807, 2.05) is 6.92 Å². The first kappa shape index (κ1) is 20.0. The lowest BCUT2D eigenvalue weighted by Crippen LogP contribution is -2.63. The molecule has 0 radical (unpaired) electrons. The highest BCUT2D eigenvalue weighted by Crippen LogP contribution is 2.32. The van der Waals surface area contributed by atoms with E-state index in [0.29, 0.717) is 6.42 Å². The first-order valence-electron chi connectivity index (χ1n) is 8.17. The van der Waals surface area contributed by atoms with Gasteiger partial charge >= 0.3 is 0 Å². The normalized spacial score (nSPS) is 50.0. The molecule has 4 unspecified atom stereocenters. The molecule has 9 nitrogen and oxygen atoms in total. The third-order valence-corrected chi connectivity index (χ3v) is 4.83. The molecule has 0 aliphatic carbocycles. The fourth-order valence-corrected chi connectivity index (χ4v) is 3.34. The third kappa shape index (κ3) is 3.74. The van der Waals surface area contributed by atoms with Crippen molar-refractivity contribution in [2.24, 2.45) is 5.92 Å². The van der Waals surface area contributed by atoms with E-state index in [1.54, 1.807) is 6.92 Å². The Balaban J connectivity index is 2.10. The first-order valence-corrected chi connectivity index (χ1v) is 8.17. The van der Waals surface area contributed by atoms with E-state index in [0.717, 1.165) is 0 Å². The molecule has 2 heterocycles. The molecule has 0 aromatic heterocycles. The highest BCUT2D eigenvalue weighted by Gasteiger charge is 2.49. The van der Waals surface area contributed by atoms with Crippen molar-refractivity contribution in [2.75, 3.05) is 13.7 Å². The van der Waals surface area contributed by atoms with Crippen molar-refractivity contribution in [3.8, 4) is 0 Å². The summed E-state index contributed by atoms with van der Waals surface area (Å²) in [6.45, 7) is 3.14. The van der Waals surface area contributed by atoms with E-state index in [-0.39, 0.29) is 12.0 Å². The lowest BCUT2D eigenvalue weighted by Gasteiger charge is -2.46. The van der Waals surface area contributed by atoms with Crippen LogP contribution in [0.1, 0.15) is 20.3 Å². The van der Waals surface area contributed by atoms with Gasteiger partial charge in [-0.3, -0.25) is 0 Å². The van der Waals surface area contributed by atoms with Gasteiger partial charge < -0.3 is 44.5 Å². The topological polar surface area (TPSA) is 138 Å². The van der Waals surface area contributed by atoms with Gasteiger partial charge in [0.15, 0.2) is 12.6 Å². The molecule has 142 valence electrons. The maximum atomic E-state index is 10.2. The first-order chi connectivity index (χ1) is 11.3. The minimum atomic E-state index is -1.42. The Hall–Kier alpha value is -0.360. The van der Waals surface area contributed by atoms with Gasteiger partial charge in [0.2, 0.25) is 0 Å². The molecule has 0 amide bonds. The Morgan fingerprint density at radius 1 is 0.917 bits per heavy atom. The Bertz CT molecular complexity index is 393. The van der Waals surface area contributed by atoms with Gasteiger partial charge in [0.25, 0.3) is 0 Å². The van der Waals surface area contributed by atoms with Gasteiger partial charge in [-0.15, -0.1) is 0 Å². The second-order valence-corrected chi connectivity index (χ2v) is 6.31. The van der Waals surface area contributed by atoms with Gasteiger partial charge in [-0.1, -0.05) is 6.92 Å². The lowest BCUT2D eigenvalue weighted by atomic mass is 9.87. The predicted molar refractivity (Wildman–Crippen MR) is 79.8 cm³/mol. The van der Waals surface area contributed by atoms with Gasteiger partial charge in [0, 0.05) is 13.0 Å². The van der Waals surface area contributed by atoms with Gasteiger partial charge in [0.1, 0.15) is 30.5 Å². The van der Waals surface area contributed by atoms with Crippen LogP contribution in [0.5, 0.6) is 0 Å². The molecular weight excluding hydrogens is 324 g/mol. The SMILES string of the molecule is CC[C@H]1C(C)O[C@H](O[C@@H]2C(O)C(O)[C@@H](OC)O[C@H]2CO)C(O)[C@@H]1O. The molecular formula is C15H28O9. The molecule has 9 heteroatoms. The Labute approximate surface area is 140 Å². The summed E-state index contributed by atoms with van der Waals surface area (Å²) in [4.78, 5) is 0. The van der Waals surface area contributed by atoms with Crippen LogP contribution in [0.4, 0.5) is 0 Å². The molecule has 2 aliphatic rings. The number of rotatable bonds is 5. The van der Waals surface area contributed by atoms with Crippen LogP contribution in [0.2, 0.25) is 0 Å². The van der Waals surface area contributed by atoms with E-state index in [4.69, 9.17) is 18.9 Å². The van der Waals surface area contributed by atoms with E-state index < -0.39 is 55.8 Å². The third-order valence-electron chi connectivity index (χ3n) is 4.83. The van der Waals surface area contributed by atoms with Crippen LogP contribution < -0.4 is 0 Å². The van der Waals surface area contributed by atoms with Crippen LogP contribution in [0.3, 0.4) is 0 Å². The fourth-order valence-electron chi connectivity index (χ4n) is 3.34. The quantitative estimate of drug-likeness (QED) is 0.378. The highest BCUT2D eigenvalue weighted by atomic mass is 16.7. The zero-order valence-electron chi connectivity index (χ0n) is 14.1. The smallest absolute Gasteiger partial charge is 0.186 e. The van der Waals surface area contributed by atoms with Crippen molar-refractivity contribution < 1.29 is 44.5 Å². The van der Waals surface area contributed by atoms with E-state index >= 15 is 0 Å². The lowest BCUT2D eigenvalue weighted by molar-refractivity contribution is -0.351. The second-order valence-electron chi connectivity index (χ2n) is 6.31. The summed E-state index contributed by atoms with van der Waals surface area (Å²) < 4.78 is 21.4. The summed E-state index contributed by atoms with van der Waals surface area (Å²) in [6.07, 6.45) is -9.41. The van der Waals surface area contributed by atoms with E-state index in [9.17, 15) is 25.5 Å². The predicted octanol–water partition coefficient (Wildman–Crippen LogP) is -2.05. The zero-order chi connectivity index (χ0) is 18.0. The molecule has 0 aromatic carbocycles. The summed E-state index contributed by atoms with van der Waals surface area (Å²) in [5.74, 6) is -0.246. The standard InChI is InChI=1S/C15H28O9/c1-4-7-6(2)22-15(11(19)9(7)17)24-13-8(5-16)23-14(21-3)12(20)10(13)18/h6-20H,4-5H2,1-3H3/t6?,7-,8-,9+,10?,11?,12?,13-,14-,15+/m0/s1. The zero-order valence-corrected chi connectivity index (χ0v) is 14.1. The van der Waals surface area contributed by atoms with Crippen LogP contribution in [0, 0.1) is 5.92 Å². The molecule has 0 bridgehead atoms. The largest absolute Gasteiger partial charge is 0.394 e. The maximum absolute atomic E-state index is 10.2. The van der Waals surface area contributed by atoms with Gasteiger partial charge in [-0.05, 0) is 13.3 Å². The number of methoxy groups -OCH3 is 1. The molecule has 2 fully saturated rings. The molecule has 10 atom stereocenters. The van der Waals surface area contributed by atoms with Crippen LogP contribution in [0.25, 0.3) is 0 Å². The molecule has 2 saturated heterocycles. The van der Waals surface area contributed by atoms with Crippen molar-refractivity contribution in [3.63, 3.8) is 0 Å². The van der Waals surface area contributed by atoms with Crippen molar-refractivity contribution in [2.45, 2.75) is 75.6 Å². The summed E-state index contributed by atoms with van der Waals surface area (Å²) in [5.41, 5.74) is 0. The Morgan fingerprint density at radius 3 is 2.08 bits per heavy atom. The summed E-state index contributed by atoms with van der Waals surface area (Å²) >= 11 is 0. The molecule has 2 rings (SSSR count). The summed E-state index contributed by atoms with van der Waals surface area (Å²) in [5, 5.41) is 50.1. The molecule has 0 spiro atoms. The minimum Gasteiger partial charge on any atom is -0.394 e. The maximum Gasteiger partial charge on any atom is 0.186 e. The average molecular weight is 352 g/mol. The van der Waals surface area contributed by atoms with Crippen molar-refractivity contribution in [3.05, 3.63) is 0 Å². The Kier molecular flexibility index (Phi) is 6.94. The number of hydrogen-bond donors (Lipinski definition) is 5. The molecule has 2 aliphatic heterocycles. The van der Waals surface area contributed by atoms with Gasteiger partial charge in [-0.2, -0.15) is 0 Å². The second kappa shape index (κ2) is 8.35. The Morgan fingerprint density at radius 2 is 1.54 bits per heavy atom. The van der Waals surface area contributed by atoms with Gasteiger partial charge in [0.05, 0.1) is 18.8 Å². The van der Waals surface area contributed by atoms with E-state index in [1.165, 1.54) is 7.11 Å². The molecule has 24 heavy (non-hydrogen) atoms. The van der Waals surface area contributed by atoms with Crippen LogP contribution in [-0.2, 0) is 18.9 Å². The van der Waals surface area contributed by atoms with E-state index in [2.05, 4.69) is 0 Å². The van der Waals surface area contributed by atoms with Crippen LogP contribution >= 0.6 is 0 Å². The summed E-state index contributed by atoms with van der Waals surface area (Å²) in [7, 11) is 1.30. The van der Waals surface area contributed by atoms with Crippen molar-refractivity contribution >= 4 is 0 Å². The van der Waals surface area contributed by atoms with Crippen molar-refractivity contribution in [1.29, 1.82) is 0 Å².